The Morgan fingerprint density at radius 2 is 1.75 bits per heavy atom. The maximum Gasteiger partial charge on any atom is 0.335 e. The molecule has 1 amide bonds. The summed E-state index contributed by atoms with van der Waals surface area (Å²) in [6.07, 6.45) is 4.91. The molecule has 2 heterocycles. The summed E-state index contributed by atoms with van der Waals surface area (Å²) in [7, 11) is 0. The maximum atomic E-state index is 12.4. The minimum atomic E-state index is -1.01. The summed E-state index contributed by atoms with van der Waals surface area (Å²) in [5.41, 5.74) is 1.57. The predicted octanol–water partition coefficient (Wildman–Crippen LogP) is 2.43. The van der Waals surface area contributed by atoms with Crippen molar-refractivity contribution in [2.24, 2.45) is 0 Å². The van der Waals surface area contributed by atoms with Crippen molar-refractivity contribution < 1.29 is 19.4 Å². The first-order valence-corrected chi connectivity index (χ1v) is 7.81. The molecule has 0 saturated carbocycles. The normalized spacial score (nSPS) is 20.3. The summed E-state index contributed by atoms with van der Waals surface area (Å²) in [5.74, 6) is -1.25. The first-order valence-electron chi connectivity index (χ1n) is 7.81. The number of ether oxygens (including phenoxy) is 1. The van der Waals surface area contributed by atoms with Gasteiger partial charge in [-0.05, 0) is 54.8 Å². The fourth-order valence-electron chi connectivity index (χ4n) is 2.83. The molecular weight excluding hydrogens is 308 g/mol. The topological polar surface area (TPSA) is 88.5 Å². The van der Waals surface area contributed by atoms with Crippen LogP contribution in [0, 0.1) is 0 Å². The molecule has 124 valence electrons. The summed E-state index contributed by atoms with van der Waals surface area (Å²) >= 11 is 0. The molecule has 0 bridgehead atoms. The monoisotopic (exact) mass is 326 g/mol. The Kier molecular flexibility index (Phi) is 4.86. The van der Waals surface area contributed by atoms with Gasteiger partial charge in [0.15, 0.2) is 0 Å². The van der Waals surface area contributed by atoms with Crippen molar-refractivity contribution in [1.29, 1.82) is 0 Å². The number of nitrogens with one attached hydrogen (secondary N) is 1. The third-order valence-electron chi connectivity index (χ3n) is 4.07. The second kappa shape index (κ2) is 7.23. The van der Waals surface area contributed by atoms with E-state index < -0.39 is 5.97 Å². The molecule has 2 N–H and O–H groups in total. The molecule has 2 aromatic rings. The molecule has 6 nitrogen and oxygen atoms in total. The van der Waals surface area contributed by atoms with Crippen LogP contribution in [0.15, 0.2) is 48.8 Å². The van der Waals surface area contributed by atoms with E-state index in [4.69, 9.17) is 9.84 Å². The van der Waals surface area contributed by atoms with Gasteiger partial charge in [0.2, 0.25) is 0 Å². The molecule has 1 fully saturated rings. The van der Waals surface area contributed by atoms with Gasteiger partial charge in [0.05, 0.1) is 11.6 Å². The standard InChI is InChI=1S/C18H18N2O4/c21-17(13-3-5-14(6-4-13)18(22)23)20-15-2-1-11-24-16(15)12-7-9-19-10-8-12/h3-10,15-16H,1-2,11H2,(H,20,21)(H,22,23)/t15-,16+/m0/s1. The van der Waals surface area contributed by atoms with Crippen molar-refractivity contribution in [1.82, 2.24) is 10.3 Å². The van der Waals surface area contributed by atoms with Gasteiger partial charge in [0.1, 0.15) is 6.10 Å². The summed E-state index contributed by atoms with van der Waals surface area (Å²) in [5, 5.41) is 11.9. The molecule has 24 heavy (non-hydrogen) atoms. The van der Waals surface area contributed by atoms with Gasteiger partial charge in [-0.1, -0.05) is 0 Å². The van der Waals surface area contributed by atoms with Gasteiger partial charge in [0.25, 0.3) is 5.91 Å². The number of pyridine rings is 1. The fourth-order valence-corrected chi connectivity index (χ4v) is 2.83. The third-order valence-corrected chi connectivity index (χ3v) is 4.07. The van der Waals surface area contributed by atoms with Crippen LogP contribution in [0.5, 0.6) is 0 Å². The van der Waals surface area contributed by atoms with Gasteiger partial charge in [-0.3, -0.25) is 9.78 Å². The van der Waals surface area contributed by atoms with Gasteiger partial charge in [-0.15, -0.1) is 0 Å². The van der Waals surface area contributed by atoms with Gasteiger partial charge < -0.3 is 15.2 Å². The van der Waals surface area contributed by atoms with Crippen molar-refractivity contribution in [3.05, 3.63) is 65.5 Å². The zero-order valence-corrected chi connectivity index (χ0v) is 13.0. The number of nitrogens with zero attached hydrogens (tertiary/aromatic N) is 1. The van der Waals surface area contributed by atoms with Crippen LogP contribution in [0.4, 0.5) is 0 Å². The van der Waals surface area contributed by atoms with E-state index in [2.05, 4.69) is 10.3 Å². The molecular formula is C18H18N2O4. The number of benzene rings is 1. The molecule has 1 aliphatic rings. The highest BCUT2D eigenvalue weighted by Gasteiger charge is 2.29. The Labute approximate surface area is 139 Å². The quantitative estimate of drug-likeness (QED) is 0.901. The third kappa shape index (κ3) is 3.60. The molecule has 1 aromatic carbocycles. The Morgan fingerprint density at radius 3 is 2.42 bits per heavy atom. The molecule has 0 radical (unpaired) electrons. The Hall–Kier alpha value is -2.73. The van der Waals surface area contributed by atoms with Crippen LogP contribution in [0.3, 0.4) is 0 Å². The molecule has 3 rings (SSSR count). The van der Waals surface area contributed by atoms with Crippen LogP contribution in [0.1, 0.15) is 45.2 Å². The van der Waals surface area contributed by atoms with Crippen molar-refractivity contribution in [3.8, 4) is 0 Å². The largest absolute Gasteiger partial charge is 0.478 e. The van der Waals surface area contributed by atoms with Crippen molar-refractivity contribution in [2.75, 3.05) is 6.61 Å². The summed E-state index contributed by atoms with van der Waals surface area (Å²) < 4.78 is 5.84. The lowest BCUT2D eigenvalue weighted by Gasteiger charge is -2.32. The summed E-state index contributed by atoms with van der Waals surface area (Å²) in [4.78, 5) is 27.3. The number of hydrogen-bond acceptors (Lipinski definition) is 4. The van der Waals surface area contributed by atoms with Gasteiger partial charge in [-0.25, -0.2) is 4.79 Å². The number of hydrogen-bond donors (Lipinski definition) is 2. The SMILES string of the molecule is O=C(O)c1ccc(C(=O)N[C@H]2CCCO[C@@H]2c2ccncc2)cc1. The van der Waals surface area contributed by atoms with Gasteiger partial charge >= 0.3 is 5.97 Å². The lowest BCUT2D eigenvalue weighted by atomic mass is 9.96. The smallest absolute Gasteiger partial charge is 0.335 e. The molecule has 1 aliphatic heterocycles. The molecule has 0 spiro atoms. The highest BCUT2D eigenvalue weighted by molar-refractivity contribution is 5.96. The van der Waals surface area contributed by atoms with Gasteiger partial charge in [-0.2, -0.15) is 0 Å². The lowest BCUT2D eigenvalue weighted by molar-refractivity contribution is -0.00950. The number of aromatic carboxylic acids is 1. The molecule has 6 heteroatoms. The minimum Gasteiger partial charge on any atom is -0.478 e. The highest BCUT2D eigenvalue weighted by atomic mass is 16.5. The molecule has 1 saturated heterocycles. The number of amides is 1. The van der Waals surface area contributed by atoms with E-state index in [1.54, 1.807) is 12.4 Å². The Morgan fingerprint density at radius 1 is 1.08 bits per heavy atom. The minimum absolute atomic E-state index is 0.132. The number of carbonyl (C=O) groups is 2. The molecule has 1 aromatic heterocycles. The highest BCUT2D eigenvalue weighted by Crippen LogP contribution is 2.28. The zero-order valence-electron chi connectivity index (χ0n) is 13.0. The van der Waals surface area contributed by atoms with Crippen LogP contribution in [0.25, 0.3) is 0 Å². The van der Waals surface area contributed by atoms with E-state index in [1.807, 2.05) is 12.1 Å². The van der Waals surface area contributed by atoms with E-state index in [0.29, 0.717) is 12.2 Å². The maximum absolute atomic E-state index is 12.4. The number of aromatic nitrogens is 1. The van der Waals surface area contributed by atoms with E-state index >= 15 is 0 Å². The number of carbonyl (C=O) groups excluding carboxylic acids is 1. The molecule has 0 unspecified atom stereocenters. The zero-order chi connectivity index (χ0) is 16.9. The van der Waals surface area contributed by atoms with E-state index in [0.717, 1.165) is 18.4 Å². The first kappa shape index (κ1) is 16.1. The summed E-state index contributed by atoms with van der Waals surface area (Å²) in [6, 6.07) is 9.53. The predicted molar refractivity (Wildman–Crippen MR) is 86.8 cm³/mol. The summed E-state index contributed by atoms with van der Waals surface area (Å²) in [6.45, 7) is 0.659. The van der Waals surface area contributed by atoms with Crippen molar-refractivity contribution in [3.63, 3.8) is 0 Å². The number of rotatable bonds is 4. The molecule has 2 atom stereocenters. The van der Waals surface area contributed by atoms with Crippen LogP contribution in [-0.2, 0) is 4.74 Å². The van der Waals surface area contributed by atoms with E-state index in [9.17, 15) is 9.59 Å². The lowest BCUT2D eigenvalue weighted by Crippen LogP contribution is -2.42. The average molecular weight is 326 g/mol. The number of carboxylic acids is 1. The number of carboxylic acid groups (broad SMARTS) is 1. The van der Waals surface area contributed by atoms with Crippen LogP contribution in [-0.4, -0.2) is 34.6 Å². The molecule has 0 aliphatic carbocycles. The Bertz CT molecular complexity index is 716. The van der Waals surface area contributed by atoms with Crippen LogP contribution < -0.4 is 5.32 Å². The second-order valence-electron chi connectivity index (χ2n) is 5.68. The first-order chi connectivity index (χ1) is 11.6. The van der Waals surface area contributed by atoms with E-state index in [1.165, 1.54) is 24.3 Å². The van der Waals surface area contributed by atoms with Crippen molar-refractivity contribution in [2.45, 2.75) is 25.0 Å². The van der Waals surface area contributed by atoms with E-state index in [-0.39, 0.29) is 23.6 Å². The van der Waals surface area contributed by atoms with Crippen LogP contribution >= 0.6 is 0 Å². The van der Waals surface area contributed by atoms with Crippen molar-refractivity contribution >= 4 is 11.9 Å². The fraction of sp³-hybridized carbons (Fsp3) is 0.278. The Balaban J connectivity index is 1.73. The van der Waals surface area contributed by atoms with Crippen LogP contribution in [0.2, 0.25) is 0 Å². The average Bonchev–Trinajstić information content (AvgIpc) is 2.63. The second-order valence-corrected chi connectivity index (χ2v) is 5.68. The van der Waals surface area contributed by atoms with Gasteiger partial charge in [0, 0.05) is 24.6 Å².